The van der Waals surface area contributed by atoms with Crippen molar-refractivity contribution in [3.05, 3.63) is 35.4 Å². The predicted molar refractivity (Wildman–Crippen MR) is 81.2 cm³/mol. The van der Waals surface area contributed by atoms with Crippen LogP contribution < -0.4 is 5.32 Å². The van der Waals surface area contributed by atoms with Crippen LogP contribution in [0.1, 0.15) is 41.6 Å². The molecular weight excluding hydrogens is 321 g/mol. The van der Waals surface area contributed by atoms with Gasteiger partial charge in [0.25, 0.3) is 5.91 Å². The SMILES string of the molecule is O=C(NC1CCN(C(=O)c2cccc(C(F)(F)F)c2)CC1)C1CC1. The van der Waals surface area contributed by atoms with Gasteiger partial charge in [0.1, 0.15) is 0 Å². The van der Waals surface area contributed by atoms with Gasteiger partial charge < -0.3 is 10.2 Å². The largest absolute Gasteiger partial charge is 0.416 e. The van der Waals surface area contributed by atoms with E-state index in [0.29, 0.717) is 25.9 Å². The van der Waals surface area contributed by atoms with Crippen LogP contribution in [0.4, 0.5) is 13.2 Å². The van der Waals surface area contributed by atoms with Crippen LogP contribution in [0.15, 0.2) is 24.3 Å². The maximum atomic E-state index is 12.8. The number of hydrogen-bond acceptors (Lipinski definition) is 2. The van der Waals surface area contributed by atoms with Gasteiger partial charge in [0.05, 0.1) is 5.56 Å². The van der Waals surface area contributed by atoms with E-state index in [2.05, 4.69) is 5.32 Å². The second-order valence-corrected chi connectivity index (χ2v) is 6.43. The molecular formula is C17H19F3N2O2. The van der Waals surface area contributed by atoms with Crippen LogP contribution in [-0.4, -0.2) is 35.8 Å². The van der Waals surface area contributed by atoms with Gasteiger partial charge in [-0.25, -0.2) is 0 Å². The Bertz CT molecular complexity index is 633. The Balaban J connectivity index is 1.58. The van der Waals surface area contributed by atoms with Gasteiger partial charge in [-0.2, -0.15) is 13.2 Å². The Hall–Kier alpha value is -2.05. The molecule has 0 atom stereocenters. The number of hydrogen-bond donors (Lipinski definition) is 1. The lowest BCUT2D eigenvalue weighted by molar-refractivity contribution is -0.137. The van der Waals surface area contributed by atoms with E-state index in [-0.39, 0.29) is 23.4 Å². The summed E-state index contributed by atoms with van der Waals surface area (Å²) in [5.41, 5.74) is -0.773. The highest BCUT2D eigenvalue weighted by molar-refractivity contribution is 5.94. The van der Waals surface area contributed by atoms with Gasteiger partial charge in [0, 0.05) is 30.6 Å². The molecule has 4 nitrogen and oxygen atoms in total. The summed E-state index contributed by atoms with van der Waals surface area (Å²) in [5, 5.41) is 2.98. The Labute approximate surface area is 138 Å². The van der Waals surface area contributed by atoms with Gasteiger partial charge in [0.15, 0.2) is 0 Å². The van der Waals surface area contributed by atoms with Crippen molar-refractivity contribution in [3.8, 4) is 0 Å². The van der Waals surface area contributed by atoms with E-state index in [1.807, 2.05) is 0 Å². The van der Waals surface area contributed by atoms with Crippen molar-refractivity contribution in [2.24, 2.45) is 5.92 Å². The van der Waals surface area contributed by atoms with E-state index >= 15 is 0 Å². The molecule has 130 valence electrons. The molecule has 1 saturated heterocycles. The average molecular weight is 340 g/mol. The van der Waals surface area contributed by atoms with Crippen molar-refractivity contribution in [1.82, 2.24) is 10.2 Å². The van der Waals surface area contributed by atoms with Crippen molar-refractivity contribution in [2.75, 3.05) is 13.1 Å². The molecule has 0 aromatic heterocycles. The van der Waals surface area contributed by atoms with Gasteiger partial charge >= 0.3 is 6.18 Å². The molecule has 0 spiro atoms. The smallest absolute Gasteiger partial charge is 0.353 e. The zero-order valence-corrected chi connectivity index (χ0v) is 13.1. The molecule has 1 aromatic carbocycles. The first-order chi connectivity index (χ1) is 11.3. The number of rotatable bonds is 3. The summed E-state index contributed by atoms with van der Waals surface area (Å²) in [6.45, 7) is 0.870. The first-order valence-corrected chi connectivity index (χ1v) is 8.11. The molecule has 0 bridgehead atoms. The standard InChI is InChI=1S/C17H19F3N2O2/c18-17(19,20)13-3-1-2-12(10-13)16(24)22-8-6-14(7-9-22)21-15(23)11-4-5-11/h1-3,10-11,14H,4-9H2,(H,21,23). The third-order valence-electron chi connectivity index (χ3n) is 4.51. The summed E-state index contributed by atoms with van der Waals surface area (Å²) < 4.78 is 38.3. The third-order valence-corrected chi connectivity index (χ3v) is 4.51. The van der Waals surface area contributed by atoms with Gasteiger partial charge in [-0.1, -0.05) is 6.07 Å². The molecule has 1 aliphatic heterocycles. The number of piperidine rings is 1. The highest BCUT2D eigenvalue weighted by Gasteiger charge is 2.33. The lowest BCUT2D eigenvalue weighted by Gasteiger charge is -2.32. The number of carbonyl (C=O) groups is 2. The Morgan fingerprint density at radius 1 is 1.08 bits per heavy atom. The normalized spacial score (nSPS) is 19.2. The Morgan fingerprint density at radius 3 is 2.33 bits per heavy atom. The summed E-state index contributed by atoms with van der Waals surface area (Å²) in [6.07, 6.45) is -1.32. The molecule has 3 rings (SSSR count). The Kier molecular flexibility index (Phi) is 4.51. The molecule has 1 aliphatic carbocycles. The van der Waals surface area contributed by atoms with E-state index in [0.717, 1.165) is 25.0 Å². The zero-order chi connectivity index (χ0) is 17.3. The molecule has 7 heteroatoms. The number of nitrogens with zero attached hydrogens (tertiary/aromatic N) is 1. The summed E-state index contributed by atoms with van der Waals surface area (Å²) in [6, 6.07) is 4.54. The van der Waals surface area contributed by atoms with Crippen LogP contribution >= 0.6 is 0 Å². The van der Waals surface area contributed by atoms with Crippen molar-refractivity contribution in [2.45, 2.75) is 37.9 Å². The average Bonchev–Trinajstić information content (AvgIpc) is 3.39. The van der Waals surface area contributed by atoms with Crippen LogP contribution in [0.5, 0.6) is 0 Å². The monoisotopic (exact) mass is 340 g/mol. The minimum absolute atomic E-state index is 0.0451. The number of benzene rings is 1. The predicted octanol–water partition coefficient (Wildman–Crippen LogP) is 2.84. The molecule has 1 aromatic rings. The maximum absolute atomic E-state index is 12.8. The molecule has 24 heavy (non-hydrogen) atoms. The molecule has 1 heterocycles. The summed E-state index contributed by atoms with van der Waals surface area (Å²) in [4.78, 5) is 25.7. The van der Waals surface area contributed by atoms with Crippen molar-refractivity contribution in [1.29, 1.82) is 0 Å². The quantitative estimate of drug-likeness (QED) is 0.920. The van der Waals surface area contributed by atoms with Crippen LogP contribution in [-0.2, 0) is 11.0 Å². The van der Waals surface area contributed by atoms with Crippen LogP contribution in [0.25, 0.3) is 0 Å². The van der Waals surface area contributed by atoms with E-state index in [9.17, 15) is 22.8 Å². The number of alkyl halides is 3. The fraction of sp³-hybridized carbons (Fsp3) is 0.529. The van der Waals surface area contributed by atoms with Crippen LogP contribution in [0.2, 0.25) is 0 Å². The number of amides is 2. The van der Waals surface area contributed by atoms with Crippen molar-refractivity contribution in [3.63, 3.8) is 0 Å². The number of carbonyl (C=O) groups excluding carboxylic acids is 2. The van der Waals surface area contributed by atoms with Crippen LogP contribution in [0.3, 0.4) is 0 Å². The van der Waals surface area contributed by atoms with E-state index in [4.69, 9.17) is 0 Å². The molecule has 2 aliphatic rings. The minimum atomic E-state index is -4.46. The van der Waals surface area contributed by atoms with Gasteiger partial charge in [-0.15, -0.1) is 0 Å². The minimum Gasteiger partial charge on any atom is -0.353 e. The second kappa shape index (κ2) is 6.45. The van der Waals surface area contributed by atoms with E-state index in [1.165, 1.54) is 12.1 Å². The van der Waals surface area contributed by atoms with Gasteiger partial charge in [-0.05, 0) is 43.9 Å². The number of halogens is 3. The molecule has 0 radical (unpaired) electrons. The number of nitrogens with one attached hydrogen (secondary N) is 1. The molecule has 2 amide bonds. The molecule has 2 fully saturated rings. The molecule has 1 saturated carbocycles. The fourth-order valence-corrected chi connectivity index (χ4v) is 2.90. The lowest BCUT2D eigenvalue weighted by Crippen LogP contribution is -2.46. The van der Waals surface area contributed by atoms with E-state index in [1.54, 1.807) is 4.90 Å². The fourth-order valence-electron chi connectivity index (χ4n) is 2.90. The first-order valence-electron chi connectivity index (χ1n) is 8.11. The summed E-state index contributed by atoms with van der Waals surface area (Å²) in [7, 11) is 0. The maximum Gasteiger partial charge on any atom is 0.416 e. The Morgan fingerprint density at radius 2 is 1.75 bits per heavy atom. The summed E-state index contributed by atoms with van der Waals surface area (Å²) in [5.74, 6) is -0.166. The van der Waals surface area contributed by atoms with Crippen molar-refractivity contribution < 1.29 is 22.8 Å². The second-order valence-electron chi connectivity index (χ2n) is 6.43. The third kappa shape index (κ3) is 3.88. The first kappa shape index (κ1) is 16.8. The van der Waals surface area contributed by atoms with E-state index < -0.39 is 17.6 Å². The molecule has 0 unspecified atom stereocenters. The van der Waals surface area contributed by atoms with Gasteiger partial charge in [-0.3, -0.25) is 9.59 Å². The zero-order valence-electron chi connectivity index (χ0n) is 13.1. The highest BCUT2D eigenvalue weighted by Crippen LogP contribution is 2.30. The molecule has 1 N–H and O–H groups in total. The summed E-state index contributed by atoms with van der Waals surface area (Å²) >= 11 is 0. The van der Waals surface area contributed by atoms with Gasteiger partial charge in [0.2, 0.25) is 5.91 Å². The lowest BCUT2D eigenvalue weighted by atomic mass is 10.0. The highest BCUT2D eigenvalue weighted by atomic mass is 19.4. The van der Waals surface area contributed by atoms with Crippen LogP contribution in [0, 0.1) is 5.92 Å². The number of likely N-dealkylation sites (tertiary alicyclic amines) is 1. The topological polar surface area (TPSA) is 49.4 Å². The van der Waals surface area contributed by atoms with Crippen molar-refractivity contribution >= 4 is 11.8 Å².